The van der Waals surface area contributed by atoms with Crippen LogP contribution in [-0.2, 0) is 65.4 Å². The quantitative estimate of drug-likeness (QED) is 0.0222. The Hall–Kier alpha value is -1.94. The molecular weight excluding hydrogens is 1330 g/mol. The van der Waals surface area contributed by atoms with E-state index in [0.29, 0.717) is 25.7 Å². The van der Waals surface area contributed by atoms with Gasteiger partial charge in [-0.25, -0.2) is 9.13 Å². The first kappa shape index (κ1) is 100. The maximum atomic E-state index is 13.1. The van der Waals surface area contributed by atoms with E-state index in [2.05, 4.69) is 27.7 Å². The molecule has 3 N–H and O–H groups in total. The van der Waals surface area contributed by atoms with Gasteiger partial charge in [-0.2, -0.15) is 0 Å². The van der Waals surface area contributed by atoms with Gasteiger partial charge in [0.2, 0.25) is 0 Å². The van der Waals surface area contributed by atoms with E-state index < -0.39 is 97.5 Å². The number of unbranched alkanes of at least 4 members (excludes halogenated alkanes) is 58. The Morgan fingerprint density at radius 2 is 0.392 bits per heavy atom. The standard InChI is InChI=1S/C83H162O17P2/c1-5-9-13-17-21-25-28-31-34-36-38-39-41-44-47-50-54-58-62-66-70-83(88)100-79(74-94-81(86)68-64-60-56-52-48-45-43-40-37-35-32-29-26-22-18-14-10-6-2)76-98-102(91,92)96-72-77(84)71-95-101(89,90)97-75-78(73-93-80(85)67-63-59-55-51-24-20-16-12-8-4)99-82(87)69-65-61-57-53-49-46-42-33-30-27-23-19-15-11-7-3/h77-79,84H,5-76H2,1-4H3,(H,89,90)(H,91,92)/t77-,78+,79+/m0/s1. The summed E-state index contributed by atoms with van der Waals surface area (Å²) in [6.45, 7) is 5.03. The van der Waals surface area contributed by atoms with Crippen LogP contribution in [0, 0.1) is 0 Å². The third-order valence-electron chi connectivity index (χ3n) is 19.6. The van der Waals surface area contributed by atoms with Crippen LogP contribution in [0.4, 0.5) is 0 Å². The molecule has 0 aromatic carbocycles. The summed E-state index contributed by atoms with van der Waals surface area (Å²) in [5.41, 5.74) is 0. The number of ether oxygens (including phenoxy) is 4. The molecule has 0 aliphatic heterocycles. The summed E-state index contributed by atoms with van der Waals surface area (Å²) in [4.78, 5) is 73.1. The zero-order valence-electron chi connectivity index (χ0n) is 66.6. The molecule has 5 atom stereocenters. The third kappa shape index (κ3) is 76.3. The van der Waals surface area contributed by atoms with Gasteiger partial charge in [-0.3, -0.25) is 37.3 Å². The van der Waals surface area contributed by atoms with Gasteiger partial charge in [-0.05, 0) is 25.7 Å². The van der Waals surface area contributed by atoms with Crippen molar-refractivity contribution in [3.05, 3.63) is 0 Å². The maximum Gasteiger partial charge on any atom is 0.472 e. The second kappa shape index (κ2) is 77.2. The first-order valence-electron chi connectivity index (χ1n) is 43.3. The molecule has 2 unspecified atom stereocenters. The molecule has 0 saturated heterocycles. The first-order chi connectivity index (χ1) is 49.7. The lowest BCUT2D eigenvalue weighted by Gasteiger charge is -2.21. The predicted molar refractivity (Wildman–Crippen MR) is 419 cm³/mol. The fourth-order valence-corrected chi connectivity index (χ4v) is 14.6. The fraction of sp³-hybridized carbons (Fsp3) is 0.952. The molecule has 0 amide bonds. The molecule has 0 heterocycles. The summed E-state index contributed by atoms with van der Waals surface area (Å²) in [6, 6.07) is 0. The highest BCUT2D eigenvalue weighted by Crippen LogP contribution is 2.45. The monoisotopic (exact) mass is 1490 g/mol. The largest absolute Gasteiger partial charge is 0.472 e. The van der Waals surface area contributed by atoms with Crippen molar-refractivity contribution in [1.82, 2.24) is 0 Å². The van der Waals surface area contributed by atoms with Gasteiger partial charge >= 0.3 is 39.5 Å². The maximum absolute atomic E-state index is 13.1. The minimum Gasteiger partial charge on any atom is -0.462 e. The van der Waals surface area contributed by atoms with Gasteiger partial charge in [-0.1, -0.05) is 400 Å². The first-order valence-corrected chi connectivity index (χ1v) is 46.3. The van der Waals surface area contributed by atoms with Gasteiger partial charge in [0.1, 0.15) is 19.3 Å². The Kier molecular flexibility index (Phi) is 75.8. The van der Waals surface area contributed by atoms with Crippen molar-refractivity contribution in [3.8, 4) is 0 Å². The van der Waals surface area contributed by atoms with Gasteiger partial charge in [0.05, 0.1) is 26.4 Å². The van der Waals surface area contributed by atoms with Crippen molar-refractivity contribution in [2.75, 3.05) is 39.6 Å². The smallest absolute Gasteiger partial charge is 0.462 e. The molecule has 0 radical (unpaired) electrons. The SMILES string of the molecule is CCCCCCCCCCCCCCCCCCCCCCC(=O)O[C@H](COC(=O)CCCCCCCCCCCCCCCCCCCC)COP(=O)(O)OC[C@@H](O)COP(=O)(O)OC[C@@H](COC(=O)CCCCCCCCCCC)OC(=O)CCCCCCCCCCCCCCCCC. The molecule has 606 valence electrons. The molecule has 0 aromatic heterocycles. The van der Waals surface area contributed by atoms with Crippen molar-refractivity contribution in [2.45, 2.75) is 470 Å². The van der Waals surface area contributed by atoms with Gasteiger partial charge in [0, 0.05) is 25.7 Å². The second-order valence-corrected chi connectivity index (χ2v) is 32.8. The van der Waals surface area contributed by atoms with Crippen LogP contribution in [0.3, 0.4) is 0 Å². The fourth-order valence-electron chi connectivity index (χ4n) is 13.0. The number of hydrogen-bond acceptors (Lipinski definition) is 15. The summed E-state index contributed by atoms with van der Waals surface area (Å²) in [5, 5.41) is 10.6. The van der Waals surface area contributed by atoms with E-state index in [0.717, 1.165) is 89.9 Å². The van der Waals surface area contributed by atoms with Gasteiger partial charge in [0.25, 0.3) is 0 Å². The minimum atomic E-state index is -4.96. The number of aliphatic hydroxyl groups is 1. The van der Waals surface area contributed by atoms with Crippen LogP contribution >= 0.6 is 15.6 Å². The molecule has 0 aliphatic carbocycles. The molecule has 17 nitrogen and oxygen atoms in total. The Morgan fingerprint density at radius 3 is 0.578 bits per heavy atom. The van der Waals surface area contributed by atoms with Crippen LogP contribution < -0.4 is 0 Å². The summed E-state index contributed by atoms with van der Waals surface area (Å²) in [5.74, 6) is -2.10. The van der Waals surface area contributed by atoms with Crippen LogP contribution in [0.15, 0.2) is 0 Å². The molecule has 0 aromatic rings. The van der Waals surface area contributed by atoms with Crippen LogP contribution in [0.1, 0.15) is 451 Å². The van der Waals surface area contributed by atoms with Crippen molar-refractivity contribution < 1.29 is 80.2 Å². The highest BCUT2D eigenvalue weighted by Gasteiger charge is 2.30. The number of aliphatic hydroxyl groups excluding tert-OH is 1. The van der Waals surface area contributed by atoms with Crippen LogP contribution in [-0.4, -0.2) is 96.7 Å². The Morgan fingerprint density at radius 1 is 0.235 bits per heavy atom. The van der Waals surface area contributed by atoms with E-state index in [-0.39, 0.29) is 25.7 Å². The van der Waals surface area contributed by atoms with E-state index in [1.165, 1.54) is 283 Å². The Labute approximate surface area is 626 Å². The highest BCUT2D eigenvalue weighted by atomic mass is 31.2. The third-order valence-corrected chi connectivity index (χ3v) is 21.5. The topological polar surface area (TPSA) is 237 Å². The second-order valence-electron chi connectivity index (χ2n) is 29.9. The lowest BCUT2D eigenvalue weighted by molar-refractivity contribution is -0.161. The number of phosphoric ester groups is 2. The van der Waals surface area contributed by atoms with E-state index >= 15 is 0 Å². The number of esters is 4. The summed E-state index contributed by atoms with van der Waals surface area (Å²) in [6.07, 6.45) is 70.8. The molecule has 0 rings (SSSR count). The number of phosphoric acid groups is 2. The molecule has 0 fully saturated rings. The molecule has 0 spiro atoms. The number of carbonyl (C=O) groups excluding carboxylic acids is 4. The van der Waals surface area contributed by atoms with Crippen molar-refractivity contribution in [3.63, 3.8) is 0 Å². The predicted octanol–water partition coefficient (Wildman–Crippen LogP) is 25.4. The van der Waals surface area contributed by atoms with E-state index in [4.69, 9.17) is 37.0 Å². The van der Waals surface area contributed by atoms with Crippen molar-refractivity contribution in [1.29, 1.82) is 0 Å². The summed E-state index contributed by atoms with van der Waals surface area (Å²) < 4.78 is 68.8. The highest BCUT2D eigenvalue weighted by molar-refractivity contribution is 7.47. The summed E-state index contributed by atoms with van der Waals surface area (Å²) in [7, 11) is -9.92. The average Bonchev–Trinajstić information content (AvgIpc) is 0.968. The number of carbonyl (C=O) groups is 4. The molecule has 0 aliphatic rings. The number of hydrogen-bond donors (Lipinski definition) is 3. The van der Waals surface area contributed by atoms with Crippen LogP contribution in [0.2, 0.25) is 0 Å². The Balaban J connectivity index is 5.21. The molecule has 0 bridgehead atoms. The Bertz CT molecular complexity index is 1930. The van der Waals surface area contributed by atoms with Gasteiger partial charge < -0.3 is 33.8 Å². The molecule has 0 saturated carbocycles. The van der Waals surface area contributed by atoms with Crippen molar-refractivity contribution in [2.24, 2.45) is 0 Å². The minimum absolute atomic E-state index is 0.109. The zero-order chi connectivity index (χ0) is 74.6. The zero-order valence-corrected chi connectivity index (χ0v) is 68.4. The molecule has 102 heavy (non-hydrogen) atoms. The number of rotatable bonds is 84. The average molecular weight is 1490 g/mol. The lowest BCUT2D eigenvalue weighted by Crippen LogP contribution is -2.30. The summed E-state index contributed by atoms with van der Waals surface area (Å²) >= 11 is 0. The van der Waals surface area contributed by atoms with Crippen molar-refractivity contribution >= 4 is 39.5 Å². The van der Waals surface area contributed by atoms with E-state index in [1.807, 2.05) is 0 Å². The molecule has 19 heteroatoms. The van der Waals surface area contributed by atoms with Gasteiger partial charge in [-0.15, -0.1) is 0 Å². The lowest BCUT2D eigenvalue weighted by atomic mass is 10.0. The molecular formula is C83H162O17P2. The van der Waals surface area contributed by atoms with E-state index in [1.54, 1.807) is 0 Å². The van der Waals surface area contributed by atoms with Gasteiger partial charge in [0.15, 0.2) is 12.2 Å². The normalized spacial score (nSPS) is 13.8. The van der Waals surface area contributed by atoms with Crippen LogP contribution in [0.5, 0.6) is 0 Å². The van der Waals surface area contributed by atoms with E-state index in [9.17, 15) is 43.2 Å². The van der Waals surface area contributed by atoms with Crippen LogP contribution in [0.25, 0.3) is 0 Å².